The fraction of sp³-hybridized carbons (Fsp3) is 0.500. The Hall–Kier alpha value is -1.18. The molecule has 0 saturated carbocycles. The largest absolute Gasteiger partial charge is 0.396 e. The summed E-state index contributed by atoms with van der Waals surface area (Å²) in [5.74, 6) is -0.623. The van der Waals surface area contributed by atoms with Crippen molar-refractivity contribution in [3.63, 3.8) is 0 Å². The predicted molar refractivity (Wildman–Crippen MR) is 73.8 cm³/mol. The van der Waals surface area contributed by atoms with Crippen LogP contribution in [0.3, 0.4) is 0 Å². The van der Waals surface area contributed by atoms with E-state index in [1.165, 1.54) is 6.07 Å². The first-order valence-corrected chi connectivity index (χ1v) is 7.66. The van der Waals surface area contributed by atoms with Crippen molar-refractivity contribution >= 4 is 15.7 Å². The number of rotatable bonds is 7. The van der Waals surface area contributed by atoms with E-state index >= 15 is 0 Å². The molecule has 0 saturated heterocycles. The van der Waals surface area contributed by atoms with E-state index in [1.54, 1.807) is 0 Å². The summed E-state index contributed by atoms with van der Waals surface area (Å²) in [6.45, 7) is 6.69. The Morgan fingerprint density at radius 2 is 1.95 bits per heavy atom. The maximum atomic E-state index is 13.0. The number of benzene rings is 1. The molecule has 1 aromatic rings. The Labute approximate surface area is 113 Å². The summed E-state index contributed by atoms with van der Waals surface area (Å²) in [5.41, 5.74) is 5.19. The molecule has 1 aromatic carbocycles. The van der Waals surface area contributed by atoms with Gasteiger partial charge >= 0.3 is 0 Å². The van der Waals surface area contributed by atoms with Crippen molar-refractivity contribution in [2.45, 2.75) is 18.7 Å². The quantitative estimate of drug-likeness (QED) is 0.735. The molecule has 19 heavy (non-hydrogen) atoms. The van der Waals surface area contributed by atoms with E-state index in [-0.39, 0.29) is 10.6 Å². The average Bonchev–Trinajstić information content (AvgIpc) is 2.37. The van der Waals surface area contributed by atoms with Gasteiger partial charge in [-0.1, -0.05) is 13.8 Å². The van der Waals surface area contributed by atoms with E-state index in [2.05, 4.69) is 9.62 Å². The Morgan fingerprint density at radius 1 is 1.32 bits per heavy atom. The lowest BCUT2D eigenvalue weighted by atomic mass is 10.3. The maximum absolute atomic E-state index is 13.0. The minimum absolute atomic E-state index is 0.0223. The molecule has 0 unspecified atom stereocenters. The molecule has 108 valence electrons. The highest BCUT2D eigenvalue weighted by Gasteiger charge is 2.15. The number of sulfonamides is 1. The first-order chi connectivity index (χ1) is 8.90. The Bertz CT molecular complexity index is 516. The number of halogens is 1. The predicted octanol–water partition coefficient (Wildman–Crippen LogP) is 1.03. The molecule has 0 heterocycles. The van der Waals surface area contributed by atoms with Gasteiger partial charge in [0.1, 0.15) is 5.82 Å². The molecule has 0 bridgehead atoms. The molecule has 0 atom stereocenters. The second-order valence-corrected chi connectivity index (χ2v) is 5.87. The van der Waals surface area contributed by atoms with Gasteiger partial charge in [-0.3, -0.25) is 0 Å². The van der Waals surface area contributed by atoms with Crippen LogP contribution in [0.4, 0.5) is 10.1 Å². The molecule has 7 heteroatoms. The molecule has 5 nitrogen and oxygen atoms in total. The number of nitrogens with two attached hydrogens (primary N) is 1. The summed E-state index contributed by atoms with van der Waals surface area (Å²) < 4.78 is 39.4. The van der Waals surface area contributed by atoms with Gasteiger partial charge in [-0.2, -0.15) is 0 Å². The van der Waals surface area contributed by atoms with Gasteiger partial charge in [-0.25, -0.2) is 17.5 Å². The number of hydrogen-bond donors (Lipinski definition) is 2. The van der Waals surface area contributed by atoms with Gasteiger partial charge in [-0.15, -0.1) is 0 Å². The van der Waals surface area contributed by atoms with Crippen LogP contribution in [-0.2, 0) is 10.0 Å². The van der Waals surface area contributed by atoms with Crippen molar-refractivity contribution in [1.29, 1.82) is 0 Å². The van der Waals surface area contributed by atoms with Crippen molar-refractivity contribution in [2.24, 2.45) is 0 Å². The Balaban J connectivity index is 2.68. The summed E-state index contributed by atoms with van der Waals surface area (Å²) in [6.07, 6.45) is 0. The zero-order valence-electron chi connectivity index (χ0n) is 11.2. The van der Waals surface area contributed by atoms with E-state index in [1.807, 2.05) is 13.8 Å². The third-order valence-corrected chi connectivity index (χ3v) is 4.35. The van der Waals surface area contributed by atoms with Gasteiger partial charge in [0.15, 0.2) is 0 Å². The molecule has 0 aromatic heterocycles. The van der Waals surface area contributed by atoms with Crippen molar-refractivity contribution < 1.29 is 12.8 Å². The van der Waals surface area contributed by atoms with E-state index in [0.29, 0.717) is 13.1 Å². The number of likely N-dealkylation sites (N-methyl/N-ethyl adjacent to an activating group) is 1. The lowest BCUT2D eigenvalue weighted by Gasteiger charge is -2.18. The Kier molecular flexibility index (Phi) is 5.71. The van der Waals surface area contributed by atoms with Crippen LogP contribution < -0.4 is 10.5 Å². The van der Waals surface area contributed by atoms with E-state index in [9.17, 15) is 12.8 Å². The van der Waals surface area contributed by atoms with Gasteiger partial charge in [-0.05, 0) is 31.3 Å². The third-order valence-electron chi connectivity index (χ3n) is 2.89. The number of hydrogen-bond acceptors (Lipinski definition) is 4. The van der Waals surface area contributed by atoms with Crippen LogP contribution in [0.25, 0.3) is 0 Å². The van der Waals surface area contributed by atoms with Gasteiger partial charge in [0.25, 0.3) is 0 Å². The standard InChI is InChI=1S/C12H20FN3O2S/c1-3-16(4-2)8-7-15-19(17,18)10-5-6-11(13)12(14)9-10/h5-6,9,15H,3-4,7-8,14H2,1-2H3. The number of nitrogen functional groups attached to an aromatic ring is 1. The molecule has 0 amide bonds. The molecule has 0 fully saturated rings. The monoisotopic (exact) mass is 289 g/mol. The van der Waals surface area contributed by atoms with Crippen LogP contribution in [0.1, 0.15) is 13.8 Å². The summed E-state index contributed by atoms with van der Waals surface area (Å²) in [6, 6.07) is 3.37. The van der Waals surface area contributed by atoms with E-state index < -0.39 is 15.8 Å². The summed E-state index contributed by atoms with van der Waals surface area (Å²) >= 11 is 0. The second kappa shape index (κ2) is 6.83. The topological polar surface area (TPSA) is 75.4 Å². The van der Waals surface area contributed by atoms with Crippen LogP contribution in [-0.4, -0.2) is 39.5 Å². The van der Waals surface area contributed by atoms with E-state index in [4.69, 9.17) is 5.73 Å². The van der Waals surface area contributed by atoms with Crippen molar-refractivity contribution in [1.82, 2.24) is 9.62 Å². The summed E-state index contributed by atoms with van der Waals surface area (Å²) in [4.78, 5) is 2.08. The number of nitrogens with zero attached hydrogens (tertiary/aromatic N) is 1. The lowest BCUT2D eigenvalue weighted by molar-refractivity contribution is 0.309. The van der Waals surface area contributed by atoms with Gasteiger partial charge in [0, 0.05) is 13.1 Å². The Morgan fingerprint density at radius 3 is 2.47 bits per heavy atom. The molecule has 1 rings (SSSR count). The highest BCUT2D eigenvalue weighted by Crippen LogP contribution is 2.16. The first kappa shape index (κ1) is 15.9. The van der Waals surface area contributed by atoms with Crippen LogP contribution in [0.5, 0.6) is 0 Å². The van der Waals surface area contributed by atoms with Crippen molar-refractivity contribution in [2.75, 3.05) is 31.9 Å². The average molecular weight is 289 g/mol. The molecular formula is C12H20FN3O2S. The van der Waals surface area contributed by atoms with Crippen LogP contribution >= 0.6 is 0 Å². The minimum atomic E-state index is -3.63. The summed E-state index contributed by atoms with van der Waals surface area (Å²) in [7, 11) is -3.63. The smallest absolute Gasteiger partial charge is 0.240 e. The summed E-state index contributed by atoms with van der Waals surface area (Å²) in [5, 5.41) is 0. The fourth-order valence-corrected chi connectivity index (χ4v) is 2.71. The molecule has 3 N–H and O–H groups in total. The zero-order chi connectivity index (χ0) is 14.5. The molecule has 0 aliphatic carbocycles. The molecule has 0 spiro atoms. The zero-order valence-corrected chi connectivity index (χ0v) is 12.0. The van der Waals surface area contributed by atoms with Crippen molar-refractivity contribution in [3.05, 3.63) is 24.0 Å². The normalized spacial score (nSPS) is 12.0. The van der Waals surface area contributed by atoms with Crippen LogP contribution in [0.2, 0.25) is 0 Å². The number of nitrogens with one attached hydrogen (secondary N) is 1. The SMILES string of the molecule is CCN(CC)CCNS(=O)(=O)c1ccc(F)c(N)c1. The second-order valence-electron chi connectivity index (χ2n) is 4.11. The van der Waals surface area contributed by atoms with Crippen molar-refractivity contribution in [3.8, 4) is 0 Å². The van der Waals surface area contributed by atoms with Gasteiger partial charge in [0.05, 0.1) is 10.6 Å². The molecule has 0 radical (unpaired) electrons. The fourth-order valence-electron chi connectivity index (χ4n) is 1.65. The number of anilines is 1. The van der Waals surface area contributed by atoms with Gasteiger partial charge < -0.3 is 10.6 Å². The molecule has 0 aliphatic rings. The first-order valence-electron chi connectivity index (χ1n) is 6.17. The van der Waals surface area contributed by atoms with Crippen LogP contribution in [0.15, 0.2) is 23.1 Å². The molecule has 0 aliphatic heterocycles. The minimum Gasteiger partial charge on any atom is -0.396 e. The highest BCUT2D eigenvalue weighted by atomic mass is 32.2. The van der Waals surface area contributed by atoms with Gasteiger partial charge in [0.2, 0.25) is 10.0 Å². The van der Waals surface area contributed by atoms with E-state index in [0.717, 1.165) is 25.2 Å². The lowest BCUT2D eigenvalue weighted by Crippen LogP contribution is -2.34. The highest BCUT2D eigenvalue weighted by molar-refractivity contribution is 7.89. The molecular weight excluding hydrogens is 269 g/mol. The maximum Gasteiger partial charge on any atom is 0.240 e. The van der Waals surface area contributed by atoms with Crippen LogP contribution in [0, 0.1) is 5.82 Å². The third kappa shape index (κ3) is 4.45.